The standard InChI is InChI=1S/C18H18N4O4S2/c1-25-14-5-3-4-13(9-14)22-7-6-19-18(22)28-11-15(23)21-17-20-12(10-27-17)8-16(24)26-2/h3-7,9-10H,8,11H2,1-2H3,(H,20,21,23). The molecule has 10 heteroatoms. The number of rotatable bonds is 8. The van der Waals surface area contributed by atoms with Gasteiger partial charge in [0.2, 0.25) is 5.91 Å². The number of methoxy groups -OCH3 is 2. The van der Waals surface area contributed by atoms with Crippen LogP contribution in [-0.4, -0.2) is 46.4 Å². The zero-order chi connectivity index (χ0) is 19.9. The van der Waals surface area contributed by atoms with Crippen molar-refractivity contribution in [3.05, 3.63) is 47.7 Å². The van der Waals surface area contributed by atoms with E-state index in [0.717, 1.165) is 11.4 Å². The highest BCUT2D eigenvalue weighted by atomic mass is 32.2. The number of aromatic nitrogens is 3. The normalized spacial score (nSPS) is 10.5. The van der Waals surface area contributed by atoms with Crippen LogP contribution in [0.15, 0.2) is 47.2 Å². The Morgan fingerprint density at radius 2 is 2.18 bits per heavy atom. The fraction of sp³-hybridized carbons (Fsp3) is 0.222. The number of thioether (sulfide) groups is 1. The first-order chi connectivity index (χ1) is 13.6. The van der Waals surface area contributed by atoms with Gasteiger partial charge in [0.15, 0.2) is 10.3 Å². The summed E-state index contributed by atoms with van der Waals surface area (Å²) in [4.78, 5) is 32.0. The Morgan fingerprint density at radius 3 is 2.96 bits per heavy atom. The Morgan fingerprint density at radius 1 is 1.32 bits per heavy atom. The summed E-state index contributed by atoms with van der Waals surface area (Å²) in [7, 11) is 2.94. The third-order valence-electron chi connectivity index (χ3n) is 3.62. The lowest BCUT2D eigenvalue weighted by atomic mass is 10.3. The number of nitrogens with zero attached hydrogens (tertiary/aromatic N) is 3. The predicted molar refractivity (Wildman–Crippen MR) is 107 cm³/mol. The summed E-state index contributed by atoms with van der Waals surface area (Å²) in [5.41, 5.74) is 1.46. The minimum Gasteiger partial charge on any atom is -0.497 e. The molecule has 0 bridgehead atoms. The molecule has 0 fully saturated rings. The molecular weight excluding hydrogens is 400 g/mol. The van der Waals surface area contributed by atoms with Crippen LogP contribution in [0.4, 0.5) is 5.13 Å². The molecule has 3 rings (SSSR count). The van der Waals surface area contributed by atoms with Crippen molar-refractivity contribution in [2.75, 3.05) is 25.3 Å². The van der Waals surface area contributed by atoms with E-state index in [1.165, 1.54) is 30.2 Å². The Kier molecular flexibility index (Phi) is 6.66. The number of carbonyl (C=O) groups excluding carboxylic acids is 2. The topological polar surface area (TPSA) is 95.3 Å². The van der Waals surface area contributed by atoms with Gasteiger partial charge in [0.25, 0.3) is 0 Å². The number of thiazole rings is 1. The Balaban J connectivity index is 1.58. The number of amides is 1. The molecule has 2 heterocycles. The quantitative estimate of drug-likeness (QED) is 0.444. The third kappa shape index (κ3) is 5.11. The van der Waals surface area contributed by atoms with Gasteiger partial charge in [-0.3, -0.25) is 14.2 Å². The van der Waals surface area contributed by atoms with Crippen LogP contribution in [0.3, 0.4) is 0 Å². The SMILES string of the molecule is COC(=O)Cc1csc(NC(=O)CSc2nccn2-c2cccc(OC)c2)n1. The van der Waals surface area contributed by atoms with Crippen LogP contribution >= 0.6 is 23.1 Å². The van der Waals surface area contributed by atoms with Gasteiger partial charge >= 0.3 is 5.97 Å². The van der Waals surface area contributed by atoms with Gasteiger partial charge in [0, 0.05) is 23.8 Å². The molecule has 0 aliphatic rings. The monoisotopic (exact) mass is 418 g/mol. The first kappa shape index (κ1) is 19.9. The summed E-state index contributed by atoms with van der Waals surface area (Å²) in [6.45, 7) is 0. The number of ether oxygens (including phenoxy) is 2. The molecule has 0 radical (unpaired) electrons. The average molecular weight is 419 g/mol. The fourth-order valence-electron chi connectivity index (χ4n) is 2.30. The van der Waals surface area contributed by atoms with E-state index in [4.69, 9.17) is 4.74 Å². The second-order valence-corrected chi connectivity index (χ2v) is 7.32. The number of nitrogens with one attached hydrogen (secondary N) is 1. The number of esters is 1. The van der Waals surface area contributed by atoms with Gasteiger partial charge in [0.1, 0.15) is 5.75 Å². The van der Waals surface area contributed by atoms with Crippen LogP contribution in [0.5, 0.6) is 5.75 Å². The van der Waals surface area contributed by atoms with E-state index in [1.54, 1.807) is 18.7 Å². The molecule has 28 heavy (non-hydrogen) atoms. The molecule has 0 saturated carbocycles. The van der Waals surface area contributed by atoms with E-state index >= 15 is 0 Å². The van der Waals surface area contributed by atoms with Crippen LogP contribution in [0.2, 0.25) is 0 Å². The molecule has 1 amide bonds. The first-order valence-electron chi connectivity index (χ1n) is 8.20. The van der Waals surface area contributed by atoms with E-state index in [9.17, 15) is 9.59 Å². The molecule has 2 aromatic heterocycles. The summed E-state index contributed by atoms with van der Waals surface area (Å²) in [6, 6.07) is 7.59. The molecule has 0 aliphatic carbocycles. The first-order valence-corrected chi connectivity index (χ1v) is 10.1. The maximum Gasteiger partial charge on any atom is 0.311 e. The number of imidazole rings is 1. The molecule has 0 saturated heterocycles. The lowest BCUT2D eigenvalue weighted by Gasteiger charge is -2.09. The smallest absolute Gasteiger partial charge is 0.311 e. The third-order valence-corrected chi connectivity index (χ3v) is 5.40. The van der Waals surface area contributed by atoms with Crippen LogP contribution in [-0.2, 0) is 20.7 Å². The highest BCUT2D eigenvalue weighted by Gasteiger charge is 2.12. The lowest BCUT2D eigenvalue weighted by Crippen LogP contribution is -2.14. The predicted octanol–water partition coefficient (Wildman–Crippen LogP) is 2.78. The van der Waals surface area contributed by atoms with Gasteiger partial charge < -0.3 is 14.8 Å². The van der Waals surface area contributed by atoms with Crippen molar-refractivity contribution >= 4 is 40.1 Å². The number of hydrogen-bond acceptors (Lipinski definition) is 8. The summed E-state index contributed by atoms with van der Waals surface area (Å²) < 4.78 is 11.7. The highest BCUT2D eigenvalue weighted by Crippen LogP contribution is 2.23. The Bertz CT molecular complexity index is 970. The zero-order valence-electron chi connectivity index (χ0n) is 15.2. The zero-order valence-corrected chi connectivity index (χ0v) is 16.9. The van der Waals surface area contributed by atoms with Gasteiger partial charge in [-0.15, -0.1) is 11.3 Å². The van der Waals surface area contributed by atoms with Crippen LogP contribution in [0.25, 0.3) is 5.69 Å². The van der Waals surface area contributed by atoms with E-state index in [-0.39, 0.29) is 24.1 Å². The van der Waals surface area contributed by atoms with Crippen molar-refractivity contribution in [1.29, 1.82) is 0 Å². The fourth-order valence-corrected chi connectivity index (χ4v) is 3.80. The van der Waals surface area contributed by atoms with E-state index in [1.807, 2.05) is 35.0 Å². The molecule has 1 aromatic carbocycles. The summed E-state index contributed by atoms with van der Waals surface area (Å²) in [6.07, 6.45) is 3.59. The molecule has 0 atom stereocenters. The minimum atomic E-state index is -0.372. The maximum absolute atomic E-state index is 12.2. The van der Waals surface area contributed by atoms with Gasteiger partial charge in [-0.05, 0) is 12.1 Å². The molecule has 0 spiro atoms. The van der Waals surface area contributed by atoms with Crippen LogP contribution in [0.1, 0.15) is 5.69 Å². The second kappa shape index (κ2) is 9.38. The van der Waals surface area contributed by atoms with Gasteiger partial charge in [-0.2, -0.15) is 0 Å². The van der Waals surface area contributed by atoms with Crippen LogP contribution in [0, 0.1) is 0 Å². The lowest BCUT2D eigenvalue weighted by molar-refractivity contribution is -0.139. The van der Waals surface area contributed by atoms with Crippen molar-refractivity contribution in [3.63, 3.8) is 0 Å². The highest BCUT2D eigenvalue weighted by molar-refractivity contribution is 7.99. The van der Waals surface area contributed by atoms with Crippen LogP contribution < -0.4 is 10.1 Å². The Labute approximate surface area is 169 Å². The number of carbonyl (C=O) groups is 2. The Hall–Kier alpha value is -2.85. The largest absolute Gasteiger partial charge is 0.497 e. The summed E-state index contributed by atoms with van der Waals surface area (Å²) in [5, 5.41) is 5.58. The number of anilines is 1. The van der Waals surface area contributed by atoms with Crippen molar-refractivity contribution < 1.29 is 19.1 Å². The van der Waals surface area contributed by atoms with E-state index < -0.39 is 0 Å². The summed E-state index contributed by atoms with van der Waals surface area (Å²) >= 11 is 2.58. The molecule has 0 aliphatic heterocycles. The molecular formula is C18H18N4O4S2. The summed E-state index contributed by atoms with van der Waals surface area (Å²) in [5.74, 6) is 0.339. The molecule has 8 nitrogen and oxygen atoms in total. The van der Waals surface area contributed by atoms with E-state index in [0.29, 0.717) is 16.0 Å². The average Bonchev–Trinajstić information content (AvgIpc) is 3.35. The van der Waals surface area contributed by atoms with Gasteiger partial charge in [-0.1, -0.05) is 17.8 Å². The van der Waals surface area contributed by atoms with Crippen molar-refractivity contribution in [2.24, 2.45) is 0 Å². The minimum absolute atomic E-state index is 0.0790. The molecule has 1 N–H and O–H groups in total. The van der Waals surface area contributed by atoms with Crippen molar-refractivity contribution in [2.45, 2.75) is 11.6 Å². The maximum atomic E-state index is 12.2. The second-order valence-electron chi connectivity index (χ2n) is 5.52. The number of benzene rings is 1. The van der Waals surface area contributed by atoms with E-state index in [2.05, 4.69) is 20.0 Å². The molecule has 3 aromatic rings. The van der Waals surface area contributed by atoms with Crippen molar-refractivity contribution in [1.82, 2.24) is 14.5 Å². The van der Waals surface area contributed by atoms with Gasteiger partial charge in [0.05, 0.1) is 37.8 Å². The molecule has 0 unspecified atom stereocenters. The molecule has 146 valence electrons. The van der Waals surface area contributed by atoms with Gasteiger partial charge in [-0.25, -0.2) is 9.97 Å². The van der Waals surface area contributed by atoms with Crippen molar-refractivity contribution in [3.8, 4) is 11.4 Å². The number of hydrogen-bond donors (Lipinski definition) is 1.